The molecule has 0 heterocycles. The standard InChI is InChI=1S/C34H48O/c1-3-5-7-10-29-13-17-32(18-14-29)21-22-33-19-15-30(16-20-33)11-8-9-12-31-23-25-34(26-24-31)28-35-27-6-4-2/h3-5,13-14,17-18,23-26,30,33H,2,6-12,15-16,19-22,27-28H2,1H3/t30-,33-. The van der Waals surface area contributed by atoms with Crippen LogP contribution in [0, 0.1) is 11.8 Å². The number of unbranched alkanes of at least 4 members (excludes halogenated alkanes) is 1. The Hall–Kier alpha value is -2.12. The molecule has 0 aliphatic heterocycles. The van der Waals surface area contributed by atoms with E-state index >= 15 is 0 Å². The molecule has 0 unspecified atom stereocenters. The number of hydrogen-bond donors (Lipinski definition) is 0. The van der Waals surface area contributed by atoms with Gasteiger partial charge in [0.2, 0.25) is 0 Å². The summed E-state index contributed by atoms with van der Waals surface area (Å²) in [6, 6.07) is 18.4. The Balaban J connectivity index is 1.23. The van der Waals surface area contributed by atoms with Crippen molar-refractivity contribution in [3.63, 3.8) is 0 Å². The summed E-state index contributed by atoms with van der Waals surface area (Å²) in [6.07, 6.45) is 23.3. The van der Waals surface area contributed by atoms with Gasteiger partial charge in [-0.15, -0.1) is 6.58 Å². The Morgan fingerprint density at radius 3 is 1.91 bits per heavy atom. The van der Waals surface area contributed by atoms with E-state index in [0.717, 1.165) is 37.7 Å². The van der Waals surface area contributed by atoms with Crippen LogP contribution in [0.5, 0.6) is 0 Å². The minimum atomic E-state index is 0.709. The van der Waals surface area contributed by atoms with Gasteiger partial charge in [-0.05, 0) is 86.0 Å². The Morgan fingerprint density at radius 2 is 1.29 bits per heavy atom. The minimum Gasteiger partial charge on any atom is -0.376 e. The van der Waals surface area contributed by atoms with Crippen molar-refractivity contribution in [1.82, 2.24) is 0 Å². The van der Waals surface area contributed by atoms with Gasteiger partial charge in [-0.1, -0.05) is 105 Å². The van der Waals surface area contributed by atoms with Crippen LogP contribution >= 0.6 is 0 Å². The van der Waals surface area contributed by atoms with Crippen LogP contribution in [0.1, 0.15) is 93.4 Å². The van der Waals surface area contributed by atoms with Crippen molar-refractivity contribution in [1.29, 1.82) is 0 Å². The van der Waals surface area contributed by atoms with Crippen molar-refractivity contribution >= 4 is 0 Å². The second-order valence-electron chi connectivity index (χ2n) is 10.5. The quantitative estimate of drug-likeness (QED) is 0.175. The van der Waals surface area contributed by atoms with E-state index in [2.05, 4.69) is 74.2 Å². The van der Waals surface area contributed by atoms with Crippen molar-refractivity contribution < 1.29 is 4.74 Å². The van der Waals surface area contributed by atoms with Crippen LogP contribution < -0.4 is 0 Å². The molecular weight excluding hydrogens is 424 g/mol. The first kappa shape index (κ1) is 27.5. The van der Waals surface area contributed by atoms with Gasteiger partial charge in [-0.2, -0.15) is 0 Å². The molecule has 1 saturated carbocycles. The molecule has 0 N–H and O–H groups in total. The number of allylic oxidation sites excluding steroid dienone is 2. The van der Waals surface area contributed by atoms with Gasteiger partial charge in [0.05, 0.1) is 13.2 Å². The maximum Gasteiger partial charge on any atom is 0.0717 e. The van der Waals surface area contributed by atoms with Crippen LogP contribution in [-0.2, 0) is 30.6 Å². The number of rotatable bonds is 16. The smallest absolute Gasteiger partial charge is 0.0717 e. The third kappa shape index (κ3) is 11.0. The first-order valence-electron chi connectivity index (χ1n) is 14.2. The van der Waals surface area contributed by atoms with Gasteiger partial charge in [0.15, 0.2) is 0 Å². The highest BCUT2D eigenvalue weighted by Gasteiger charge is 2.20. The van der Waals surface area contributed by atoms with Gasteiger partial charge in [-0.25, -0.2) is 0 Å². The van der Waals surface area contributed by atoms with Crippen LogP contribution in [0.4, 0.5) is 0 Å². The van der Waals surface area contributed by atoms with Crippen molar-refractivity contribution in [2.24, 2.45) is 11.8 Å². The fourth-order valence-corrected chi connectivity index (χ4v) is 5.39. The molecule has 0 radical (unpaired) electrons. The molecule has 0 bridgehead atoms. The number of hydrogen-bond acceptors (Lipinski definition) is 1. The molecule has 0 saturated heterocycles. The van der Waals surface area contributed by atoms with Gasteiger partial charge in [0.1, 0.15) is 0 Å². The minimum absolute atomic E-state index is 0.709. The predicted molar refractivity (Wildman–Crippen MR) is 152 cm³/mol. The van der Waals surface area contributed by atoms with E-state index in [1.54, 1.807) is 0 Å². The Bertz CT molecular complexity index is 837. The Morgan fingerprint density at radius 1 is 0.714 bits per heavy atom. The van der Waals surface area contributed by atoms with Crippen LogP contribution in [0.3, 0.4) is 0 Å². The molecule has 1 aliphatic carbocycles. The van der Waals surface area contributed by atoms with E-state index < -0.39 is 0 Å². The number of aryl methyl sites for hydroxylation is 3. The summed E-state index contributed by atoms with van der Waals surface area (Å²) in [7, 11) is 0. The highest BCUT2D eigenvalue weighted by Crippen LogP contribution is 2.34. The largest absolute Gasteiger partial charge is 0.376 e. The van der Waals surface area contributed by atoms with Crippen molar-refractivity contribution in [2.75, 3.05) is 6.61 Å². The lowest BCUT2D eigenvalue weighted by molar-refractivity contribution is 0.125. The van der Waals surface area contributed by atoms with E-state index in [1.165, 1.54) is 86.5 Å². The van der Waals surface area contributed by atoms with Crippen LogP contribution in [0.2, 0.25) is 0 Å². The molecule has 1 fully saturated rings. The summed E-state index contributed by atoms with van der Waals surface area (Å²) in [5.41, 5.74) is 5.73. The van der Waals surface area contributed by atoms with E-state index in [9.17, 15) is 0 Å². The molecule has 0 atom stereocenters. The number of benzene rings is 2. The topological polar surface area (TPSA) is 9.23 Å². The average Bonchev–Trinajstić information content (AvgIpc) is 2.90. The Kier molecular flexibility index (Phi) is 13.0. The molecule has 3 rings (SSSR count). The summed E-state index contributed by atoms with van der Waals surface area (Å²) in [6.45, 7) is 7.30. The molecule has 1 nitrogen and oxygen atoms in total. The molecule has 2 aromatic rings. The molecule has 0 aromatic heterocycles. The normalized spacial score (nSPS) is 18.2. The zero-order valence-corrected chi connectivity index (χ0v) is 22.2. The summed E-state index contributed by atoms with van der Waals surface area (Å²) in [5, 5.41) is 0. The lowest BCUT2D eigenvalue weighted by Gasteiger charge is -2.28. The zero-order valence-electron chi connectivity index (χ0n) is 22.2. The average molecular weight is 473 g/mol. The SMILES string of the molecule is C=CCCOCc1ccc(CCCC[C@H]2CC[C@H](CCc3ccc(CCC=CC)cc3)CC2)cc1. The molecule has 2 aromatic carbocycles. The lowest BCUT2D eigenvalue weighted by atomic mass is 9.77. The van der Waals surface area contributed by atoms with E-state index in [1.807, 2.05) is 6.08 Å². The molecule has 0 spiro atoms. The summed E-state index contributed by atoms with van der Waals surface area (Å²) in [5.74, 6) is 1.91. The lowest BCUT2D eigenvalue weighted by Crippen LogP contribution is -2.15. The maximum atomic E-state index is 5.66. The zero-order chi connectivity index (χ0) is 24.6. The molecule has 35 heavy (non-hydrogen) atoms. The third-order valence-corrected chi connectivity index (χ3v) is 7.75. The van der Waals surface area contributed by atoms with E-state index in [4.69, 9.17) is 4.74 Å². The van der Waals surface area contributed by atoms with Gasteiger partial charge >= 0.3 is 0 Å². The molecule has 1 heteroatoms. The van der Waals surface area contributed by atoms with Gasteiger partial charge in [0.25, 0.3) is 0 Å². The van der Waals surface area contributed by atoms with Crippen molar-refractivity contribution in [3.8, 4) is 0 Å². The van der Waals surface area contributed by atoms with Gasteiger partial charge in [-0.3, -0.25) is 0 Å². The summed E-state index contributed by atoms with van der Waals surface area (Å²) >= 11 is 0. The summed E-state index contributed by atoms with van der Waals surface area (Å²) < 4.78 is 5.66. The molecule has 0 amide bonds. The Labute approximate surface area is 215 Å². The first-order valence-corrected chi connectivity index (χ1v) is 14.2. The van der Waals surface area contributed by atoms with Crippen molar-refractivity contribution in [3.05, 3.63) is 95.6 Å². The van der Waals surface area contributed by atoms with Crippen molar-refractivity contribution in [2.45, 2.75) is 97.0 Å². The second kappa shape index (κ2) is 16.5. The molecule has 190 valence electrons. The second-order valence-corrected chi connectivity index (χ2v) is 10.5. The maximum absolute atomic E-state index is 5.66. The molecular formula is C34H48O. The monoisotopic (exact) mass is 472 g/mol. The van der Waals surface area contributed by atoms with Crippen LogP contribution in [0.15, 0.2) is 73.3 Å². The molecule has 1 aliphatic rings. The fourth-order valence-electron chi connectivity index (χ4n) is 5.39. The van der Waals surface area contributed by atoms with E-state index in [-0.39, 0.29) is 0 Å². The highest BCUT2D eigenvalue weighted by atomic mass is 16.5. The third-order valence-electron chi connectivity index (χ3n) is 7.75. The fraction of sp³-hybridized carbons (Fsp3) is 0.529. The predicted octanol–water partition coefficient (Wildman–Crippen LogP) is 9.44. The number of ether oxygens (including phenoxy) is 1. The van der Waals surface area contributed by atoms with Crippen LogP contribution in [-0.4, -0.2) is 6.61 Å². The van der Waals surface area contributed by atoms with Gasteiger partial charge in [0, 0.05) is 0 Å². The summed E-state index contributed by atoms with van der Waals surface area (Å²) in [4.78, 5) is 0. The van der Waals surface area contributed by atoms with Gasteiger partial charge < -0.3 is 4.74 Å². The van der Waals surface area contributed by atoms with E-state index in [0.29, 0.717) is 6.61 Å². The highest BCUT2D eigenvalue weighted by molar-refractivity contribution is 5.23. The first-order chi connectivity index (χ1) is 17.3. The van der Waals surface area contributed by atoms with Crippen LogP contribution in [0.25, 0.3) is 0 Å².